The number of nitrogen functional groups attached to an aromatic ring is 1. The van der Waals surface area contributed by atoms with E-state index in [1.807, 2.05) is 54.6 Å². The SMILES string of the molecule is C=CC(=O)Nc1sc2c(c1-c1nc3ccccc3s1)CCN(C(C)C)C2.CC(C)N1CCC(=O)CC1.CC(C)N1CCc2c(sc(N)c2-c2nc3ccccc3s2)C1.CC(C)NCCC(=O)Nc1sc2c(c1-c1nc3ccccc3s1)CCN(C(C)C)C2.N#CCc1nc2ccccc2s1.O=C(Cl)CCCl. The number of nitrogens with two attached hydrogens (primary N) is 1. The van der Waals surface area contributed by atoms with Crippen LogP contribution in [0, 0.1) is 11.3 Å². The number of halogens is 2. The Balaban J connectivity index is 0.000000145. The van der Waals surface area contributed by atoms with E-state index >= 15 is 0 Å². The molecule has 26 heteroatoms. The summed E-state index contributed by atoms with van der Waals surface area (Å²) >= 11 is 21.8. The van der Waals surface area contributed by atoms with Crippen LogP contribution in [-0.2, 0) is 64.5 Å². The summed E-state index contributed by atoms with van der Waals surface area (Å²) in [7, 11) is 0. The van der Waals surface area contributed by atoms with Crippen LogP contribution in [0.3, 0.4) is 0 Å². The maximum Gasteiger partial charge on any atom is 0.248 e. The van der Waals surface area contributed by atoms with E-state index in [4.69, 9.17) is 49.1 Å². The van der Waals surface area contributed by atoms with Crippen molar-refractivity contribution in [1.82, 2.24) is 44.9 Å². The summed E-state index contributed by atoms with van der Waals surface area (Å²) in [6, 6.07) is 37.4. The molecule has 0 spiro atoms. The minimum Gasteiger partial charge on any atom is -0.390 e. The minimum absolute atomic E-state index is 0.0600. The van der Waals surface area contributed by atoms with Gasteiger partial charge in [0.25, 0.3) is 0 Å². The first-order chi connectivity index (χ1) is 51.0. The number of carbonyl (C=O) groups is 4. The third-order valence-corrected chi connectivity index (χ3v) is 26.4. The zero-order chi connectivity index (χ0) is 75.7. The number of thiazole rings is 4. The molecule has 1 fully saturated rings. The smallest absolute Gasteiger partial charge is 0.248 e. The predicted molar refractivity (Wildman–Crippen MR) is 452 cm³/mol. The van der Waals surface area contributed by atoms with Crippen LogP contribution in [0.4, 0.5) is 15.0 Å². The van der Waals surface area contributed by atoms with Gasteiger partial charge in [-0.1, -0.05) is 69.0 Å². The number of thiophene rings is 3. The van der Waals surface area contributed by atoms with E-state index in [1.54, 1.807) is 79.4 Å². The van der Waals surface area contributed by atoms with Crippen molar-refractivity contribution >= 4 is 181 Å². The Morgan fingerprint density at radius 2 is 0.925 bits per heavy atom. The number of nitrogens with one attached hydrogen (secondary N) is 3. The fourth-order valence-corrected chi connectivity index (χ4v) is 21.0. The number of anilines is 3. The van der Waals surface area contributed by atoms with Crippen LogP contribution in [0.2, 0.25) is 0 Å². The summed E-state index contributed by atoms with van der Waals surface area (Å²) in [6.07, 6.45) is 7.06. The number of fused-ring (bicyclic) bond motifs is 7. The molecule has 560 valence electrons. The van der Waals surface area contributed by atoms with E-state index in [2.05, 4.69) is 165 Å². The van der Waals surface area contributed by atoms with Gasteiger partial charge in [0.15, 0.2) is 0 Å². The largest absolute Gasteiger partial charge is 0.390 e. The second kappa shape index (κ2) is 39.0. The summed E-state index contributed by atoms with van der Waals surface area (Å²) in [4.78, 5) is 78.0. The molecule has 11 heterocycles. The number of nitriles is 1. The Labute approximate surface area is 660 Å². The van der Waals surface area contributed by atoms with E-state index in [0.717, 1.165) is 157 Å². The maximum absolute atomic E-state index is 12.7. The van der Waals surface area contributed by atoms with Gasteiger partial charge >= 0.3 is 0 Å². The van der Waals surface area contributed by atoms with Crippen molar-refractivity contribution in [3.63, 3.8) is 0 Å². The van der Waals surface area contributed by atoms with Crippen molar-refractivity contribution in [3.05, 3.63) is 146 Å². The van der Waals surface area contributed by atoms with Crippen molar-refractivity contribution in [2.45, 2.75) is 170 Å². The molecule has 15 rings (SSSR count). The Hall–Kier alpha value is -6.77. The van der Waals surface area contributed by atoms with Gasteiger partial charge in [-0.15, -0.1) is 91.0 Å². The highest BCUT2D eigenvalue weighted by atomic mass is 35.5. The fraction of sp³-hybridized carbons (Fsp3) is 0.412. The number of Topliss-reactive ketones (excluding diaryl/α,β-unsaturated/α-hetero) is 1. The molecule has 1 saturated heterocycles. The van der Waals surface area contributed by atoms with Crippen molar-refractivity contribution in [3.8, 4) is 37.8 Å². The molecule has 0 unspecified atom stereocenters. The lowest BCUT2D eigenvalue weighted by molar-refractivity contribution is -0.122. The van der Waals surface area contributed by atoms with Gasteiger partial charge in [0.1, 0.15) is 35.8 Å². The van der Waals surface area contributed by atoms with Crippen LogP contribution in [0.1, 0.15) is 131 Å². The van der Waals surface area contributed by atoms with Gasteiger partial charge in [-0.25, -0.2) is 19.9 Å². The van der Waals surface area contributed by atoms with Crippen LogP contribution < -0.4 is 21.7 Å². The van der Waals surface area contributed by atoms with Crippen LogP contribution in [0.5, 0.6) is 0 Å². The second-order valence-electron chi connectivity index (χ2n) is 27.5. The van der Waals surface area contributed by atoms with Gasteiger partial charge in [-0.2, -0.15) is 5.26 Å². The normalized spacial score (nSPS) is 14.6. The molecule has 0 bridgehead atoms. The number of aromatic nitrogens is 4. The first kappa shape index (κ1) is 81.7. The van der Waals surface area contributed by atoms with Gasteiger partial charge in [0.2, 0.25) is 17.1 Å². The zero-order valence-corrected chi connectivity index (χ0v) is 69.2. The van der Waals surface area contributed by atoms with Crippen LogP contribution in [0.15, 0.2) is 110 Å². The molecule has 2 amide bonds. The third kappa shape index (κ3) is 21.6. The number of piperidine rings is 1. The van der Waals surface area contributed by atoms with E-state index in [9.17, 15) is 19.2 Å². The molecule has 0 saturated carbocycles. The third-order valence-electron chi connectivity index (χ3n) is 18.5. The molecule has 0 atom stereocenters. The lowest BCUT2D eigenvalue weighted by Crippen LogP contribution is -2.38. The first-order valence-corrected chi connectivity index (χ1v) is 42.8. The van der Waals surface area contributed by atoms with Crippen molar-refractivity contribution in [2.24, 2.45) is 0 Å². The minimum atomic E-state index is -0.370. The summed E-state index contributed by atoms with van der Waals surface area (Å²) < 4.78 is 4.74. The average molecular weight is 1600 g/mol. The molecule has 4 aliphatic rings. The number of nitrogens with zero attached hydrogens (tertiary/aromatic N) is 9. The fourth-order valence-electron chi connectivity index (χ4n) is 12.7. The first-order valence-electron chi connectivity index (χ1n) is 36.2. The topological polar surface area (TPSA) is 219 Å². The quantitative estimate of drug-likeness (QED) is 0.0379. The van der Waals surface area contributed by atoms with Gasteiger partial charge in [-0.05, 0) is 158 Å². The molecular formula is C80H95Cl2N13O4S7. The number of alkyl halides is 1. The van der Waals surface area contributed by atoms with Crippen molar-refractivity contribution in [1.29, 1.82) is 5.26 Å². The average Bonchev–Trinajstić information content (AvgIpc) is 1.62. The molecule has 5 N–H and O–H groups in total. The molecule has 106 heavy (non-hydrogen) atoms. The molecule has 17 nitrogen and oxygen atoms in total. The molecule has 0 aliphatic carbocycles. The molecule has 4 aliphatic heterocycles. The highest BCUT2D eigenvalue weighted by Crippen LogP contribution is 2.49. The number of benzene rings is 4. The zero-order valence-electron chi connectivity index (χ0n) is 62.0. The molecular weight excluding hydrogens is 1500 g/mol. The Bertz CT molecular complexity index is 4720. The molecule has 0 radical (unpaired) electrons. The number of carbonyl (C=O) groups excluding carboxylic acids is 4. The van der Waals surface area contributed by atoms with Crippen LogP contribution in [-0.4, -0.2) is 138 Å². The second-order valence-corrected chi connectivity index (χ2v) is 35.9. The van der Waals surface area contributed by atoms with Crippen LogP contribution in [0.25, 0.3) is 72.6 Å². The van der Waals surface area contributed by atoms with E-state index in [-0.39, 0.29) is 23.5 Å². The number of para-hydroxylation sites is 4. The van der Waals surface area contributed by atoms with Gasteiger partial charge in [0.05, 0.1) is 58.4 Å². The number of ketones is 1. The van der Waals surface area contributed by atoms with Gasteiger partial charge < -0.3 is 26.6 Å². The molecule has 7 aromatic heterocycles. The number of amides is 2. The summed E-state index contributed by atoms with van der Waals surface area (Å²) in [6.45, 7) is 34.3. The van der Waals surface area contributed by atoms with E-state index < -0.39 is 0 Å². The molecule has 4 aromatic carbocycles. The molecule has 11 aromatic rings. The summed E-state index contributed by atoms with van der Waals surface area (Å²) in [5.74, 6) is 0.635. The Kier molecular flexibility index (Phi) is 30.1. The van der Waals surface area contributed by atoms with Crippen molar-refractivity contribution in [2.75, 3.05) is 61.5 Å². The lowest BCUT2D eigenvalue weighted by atomic mass is 10.0. The van der Waals surface area contributed by atoms with Gasteiger partial charge in [-0.3, -0.25) is 33.9 Å². The number of hydrogen-bond donors (Lipinski definition) is 4. The highest BCUT2D eigenvalue weighted by molar-refractivity contribution is 7.24. The Morgan fingerprint density at radius 3 is 1.30 bits per heavy atom. The summed E-state index contributed by atoms with van der Waals surface area (Å²) in [5, 5.41) is 24.4. The maximum atomic E-state index is 12.7. The number of hydrogen-bond acceptors (Lipinski definition) is 22. The summed E-state index contributed by atoms with van der Waals surface area (Å²) in [5.41, 5.74) is 18.0. The Morgan fingerprint density at radius 1 is 0.538 bits per heavy atom. The predicted octanol–water partition coefficient (Wildman–Crippen LogP) is 19.2. The van der Waals surface area contributed by atoms with Gasteiger partial charge in [0, 0.05) is 152 Å². The van der Waals surface area contributed by atoms with Crippen molar-refractivity contribution < 1.29 is 19.2 Å². The number of rotatable bonds is 17. The number of likely N-dealkylation sites (tertiary alicyclic amines) is 1. The lowest BCUT2D eigenvalue weighted by Gasteiger charge is -2.30. The standard InChI is InChI=1S/C23H30N4OS2.C20H21N3OS2.C17H19N3S2.C9H6N2S.C8H15NO.C3H4Cl2O/c1-14(2)24-11-9-20(28)26-23-21(22-25-17-7-5-6-8-18(17)29-22)16-10-12-27(15(3)4)13-19(16)30-23;1-4-17(24)22-20-18(19-21-14-7-5-6-8-15(14)25-19)13-9-10-23(12(2)3)11-16(13)26-20;1-10(2)20-8-7-11-14(9-20)21-16(18)15(11)17-19-12-5-3-4-6-13(12)22-17;10-6-5-9-11-7-3-1-2-4-8(7)12-9;1-7(2)9-5-3-8(10)4-6-9;4-2-1-3(5)6/h5-8,14-15,24H,9-13H2,1-4H3,(H,26,28);4-8,12H,1,9-11H2,2-3H3,(H,22,24);3-6,10H,7-9,18H2,1-2H3;1-4H,5H2;7H,3-6H2,1-2H3;1-2H2. The highest BCUT2D eigenvalue weighted by Gasteiger charge is 2.32. The van der Waals surface area contributed by atoms with E-state index in [0.29, 0.717) is 61.3 Å². The van der Waals surface area contributed by atoms with E-state index in [1.165, 1.54) is 57.1 Å². The monoisotopic (exact) mass is 1600 g/mol. The van der Waals surface area contributed by atoms with Crippen LogP contribution >= 0.6 is 103 Å².